The minimum absolute atomic E-state index is 0.0471. The molecule has 0 aliphatic rings. The summed E-state index contributed by atoms with van der Waals surface area (Å²) in [5.41, 5.74) is 1.74. The van der Waals surface area contributed by atoms with E-state index in [4.69, 9.17) is 4.42 Å². The molecule has 0 fully saturated rings. The van der Waals surface area contributed by atoms with Gasteiger partial charge in [0.15, 0.2) is 5.82 Å². The Morgan fingerprint density at radius 3 is 2.16 bits per heavy atom. The Balaban J connectivity index is 1.45. The van der Waals surface area contributed by atoms with Gasteiger partial charge in [-0.2, -0.15) is 17.9 Å². The fourth-order valence-electron chi connectivity index (χ4n) is 2.91. The number of aromatic nitrogens is 6. The predicted octanol–water partition coefficient (Wildman–Crippen LogP) is 5.32. The number of hydrogen-bond donors (Lipinski definition) is 0. The van der Waals surface area contributed by atoms with Crippen LogP contribution in [0.25, 0.3) is 17.1 Å². The van der Waals surface area contributed by atoms with E-state index in [1.54, 1.807) is 0 Å². The molecular weight excluding hydrogens is 441 g/mol. The summed E-state index contributed by atoms with van der Waals surface area (Å²) in [6.07, 6.45) is -4.40. The van der Waals surface area contributed by atoms with Gasteiger partial charge in [0.05, 0.1) is 17.0 Å². The second-order valence-electron chi connectivity index (χ2n) is 8.04. The van der Waals surface area contributed by atoms with Crippen molar-refractivity contribution < 1.29 is 17.6 Å². The van der Waals surface area contributed by atoms with Gasteiger partial charge >= 0.3 is 6.18 Å². The lowest BCUT2D eigenvalue weighted by atomic mass is 9.87. The Hall–Kier alpha value is -3.21. The molecule has 0 spiro atoms. The third-order valence-electron chi connectivity index (χ3n) is 4.70. The van der Waals surface area contributed by atoms with E-state index < -0.39 is 11.7 Å². The molecule has 166 valence electrons. The third kappa shape index (κ3) is 4.82. The molecular formula is C21H19F3N6OS. The Morgan fingerprint density at radius 1 is 0.875 bits per heavy atom. The molecule has 2 aromatic carbocycles. The second-order valence-corrected chi connectivity index (χ2v) is 8.97. The smallest absolute Gasteiger partial charge is 0.411 e. The van der Waals surface area contributed by atoms with Crippen LogP contribution in [0.1, 0.15) is 37.7 Å². The van der Waals surface area contributed by atoms with Crippen molar-refractivity contribution in [1.82, 2.24) is 30.4 Å². The maximum atomic E-state index is 12.8. The Morgan fingerprint density at radius 2 is 1.53 bits per heavy atom. The summed E-state index contributed by atoms with van der Waals surface area (Å²) in [5.74, 6) is 1.12. The molecule has 0 saturated heterocycles. The van der Waals surface area contributed by atoms with Crippen LogP contribution >= 0.6 is 11.8 Å². The molecule has 0 N–H and O–H groups in total. The number of tetrazole rings is 1. The second kappa shape index (κ2) is 8.38. The Labute approximate surface area is 186 Å². The number of hydrogen-bond acceptors (Lipinski definition) is 7. The van der Waals surface area contributed by atoms with Gasteiger partial charge in [0.1, 0.15) is 0 Å². The minimum Gasteiger partial charge on any atom is -0.411 e. The number of thioether (sulfide) groups is 1. The molecule has 0 unspecified atom stereocenters. The maximum Gasteiger partial charge on any atom is 0.416 e. The molecule has 0 aliphatic heterocycles. The zero-order valence-electron chi connectivity index (χ0n) is 17.5. The zero-order chi connectivity index (χ0) is 22.9. The first kappa shape index (κ1) is 22.0. The summed E-state index contributed by atoms with van der Waals surface area (Å²) in [6.45, 7) is 6.42. The maximum absolute atomic E-state index is 12.8. The van der Waals surface area contributed by atoms with Crippen LogP contribution in [0.5, 0.6) is 0 Å². The van der Waals surface area contributed by atoms with Gasteiger partial charge in [-0.3, -0.25) is 0 Å². The highest BCUT2D eigenvalue weighted by atomic mass is 32.2. The quantitative estimate of drug-likeness (QED) is 0.373. The molecule has 4 rings (SSSR count). The monoisotopic (exact) mass is 460 g/mol. The van der Waals surface area contributed by atoms with Crippen molar-refractivity contribution in [3.05, 3.63) is 65.5 Å². The van der Waals surface area contributed by atoms with Gasteiger partial charge in [-0.1, -0.05) is 44.7 Å². The highest BCUT2D eigenvalue weighted by molar-refractivity contribution is 7.98. The molecule has 11 heteroatoms. The first-order valence-corrected chi connectivity index (χ1v) is 10.6. The molecule has 0 aliphatic carbocycles. The van der Waals surface area contributed by atoms with E-state index in [0.717, 1.165) is 17.7 Å². The van der Waals surface area contributed by atoms with E-state index >= 15 is 0 Å². The van der Waals surface area contributed by atoms with Gasteiger partial charge in [0, 0.05) is 5.56 Å². The molecule has 0 atom stereocenters. The summed E-state index contributed by atoms with van der Waals surface area (Å²) in [6, 6.07) is 12.6. The molecule has 0 radical (unpaired) electrons. The molecule has 7 nitrogen and oxygen atoms in total. The van der Waals surface area contributed by atoms with E-state index in [1.165, 1.54) is 34.1 Å². The molecule has 0 bridgehead atoms. The fraction of sp³-hybridized carbons (Fsp3) is 0.286. The highest BCUT2D eigenvalue weighted by Crippen LogP contribution is 2.30. The van der Waals surface area contributed by atoms with E-state index in [9.17, 15) is 13.2 Å². The minimum atomic E-state index is -4.40. The topological polar surface area (TPSA) is 82.5 Å². The fourth-order valence-corrected chi connectivity index (χ4v) is 3.58. The van der Waals surface area contributed by atoms with E-state index in [0.29, 0.717) is 28.4 Å². The average molecular weight is 460 g/mol. The number of alkyl halides is 3. The number of nitrogens with zero attached hydrogens (tertiary/aromatic N) is 6. The first-order chi connectivity index (χ1) is 15.1. The van der Waals surface area contributed by atoms with Crippen LogP contribution in [0.2, 0.25) is 0 Å². The number of rotatable bonds is 5. The predicted molar refractivity (Wildman–Crippen MR) is 112 cm³/mol. The van der Waals surface area contributed by atoms with Crippen LogP contribution in [0.15, 0.2) is 58.2 Å². The lowest BCUT2D eigenvalue weighted by Gasteiger charge is -2.18. The van der Waals surface area contributed by atoms with Crippen molar-refractivity contribution in [1.29, 1.82) is 0 Å². The standard InChI is InChI=1S/C21H19F3N6OS/c1-20(2,3)14-6-4-13(5-7-14)18-26-27-19(31-18)32-12-17-25-28-29-30(17)16-10-8-15(9-11-16)21(22,23)24/h4-11H,12H2,1-3H3. The van der Waals surface area contributed by atoms with Crippen molar-refractivity contribution in [3.8, 4) is 17.1 Å². The molecule has 0 amide bonds. The Bertz CT molecular complexity index is 1190. The lowest BCUT2D eigenvalue weighted by Crippen LogP contribution is -2.10. The third-order valence-corrected chi connectivity index (χ3v) is 5.52. The van der Waals surface area contributed by atoms with Gasteiger partial charge in [-0.25, -0.2) is 0 Å². The van der Waals surface area contributed by atoms with Gasteiger partial charge in [-0.15, -0.1) is 15.3 Å². The van der Waals surface area contributed by atoms with Crippen LogP contribution in [-0.4, -0.2) is 30.4 Å². The zero-order valence-corrected chi connectivity index (χ0v) is 18.3. The van der Waals surface area contributed by atoms with E-state index in [1.807, 2.05) is 24.3 Å². The van der Waals surface area contributed by atoms with E-state index in [-0.39, 0.29) is 5.41 Å². The van der Waals surface area contributed by atoms with Crippen LogP contribution < -0.4 is 0 Å². The number of benzene rings is 2. The summed E-state index contributed by atoms with van der Waals surface area (Å²) >= 11 is 1.23. The van der Waals surface area contributed by atoms with Gasteiger partial charge in [0.25, 0.3) is 5.22 Å². The summed E-state index contributed by atoms with van der Waals surface area (Å²) < 4.78 is 45.4. The summed E-state index contributed by atoms with van der Waals surface area (Å²) in [7, 11) is 0. The van der Waals surface area contributed by atoms with Crippen LogP contribution in [-0.2, 0) is 17.3 Å². The average Bonchev–Trinajstić information content (AvgIpc) is 3.41. The highest BCUT2D eigenvalue weighted by Gasteiger charge is 2.30. The van der Waals surface area contributed by atoms with Crippen molar-refractivity contribution >= 4 is 11.8 Å². The SMILES string of the molecule is CC(C)(C)c1ccc(-c2nnc(SCc3nnnn3-c3ccc(C(F)(F)F)cc3)o2)cc1. The molecule has 0 saturated carbocycles. The Kier molecular flexibility index (Phi) is 5.76. The van der Waals surface area contributed by atoms with Crippen molar-refractivity contribution in [3.63, 3.8) is 0 Å². The lowest BCUT2D eigenvalue weighted by molar-refractivity contribution is -0.137. The summed E-state index contributed by atoms with van der Waals surface area (Å²) in [5, 5.41) is 19.9. The van der Waals surface area contributed by atoms with Gasteiger partial charge < -0.3 is 4.42 Å². The largest absolute Gasteiger partial charge is 0.416 e. The summed E-state index contributed by atoms with van der Waals surface area (Å²) in [4.78, 5) is 0. The van der Waals surface area contributed by atoms with Crippen LogP contribution in [0.4, 0.5) is 13.2 Å². The van der Waals surface area contributed by atoms with Crippen molar-refractivity contribution in [2.24, 2.45) is 0 Å². The van der Waals surface area contributed by atoms with Crippen LogP contribution in [0, 0.1) is 0 Å². The number of halogens is 3. The normalized spacial score (nSPS) is 12.3. The van der Waals surface area contributed by atoms with Crippen LogP contribution in [0.3, 0.4) is 0 Å². The molecule has 2 aromatic heterocycles. The molecule has 32 heavy (non-hydrogen) atoms. The van der Waals surface area contributed by atoms with Crippen molar-refractivity contribution in [2.45, 2.75) is 43.3 Å². The molecule has 2 heterocycles. The van der Waals surface area contributed by atoms with Gasteiger partial charge in [-0.05, 0) is 57.8 Å². The molecule has 4 aromatic rings. The van der Waals surface area contributed by atoms with Gasteiger partial charge in [0.2, 0.25) is 5.89 Å². The van der Waals surface area contributed by atoms with Crippen molar-refractivity contribution in [2.75, 3.05) is 0 Å². The first-order valence-electron chi connectivity index (χ1n) is 9.63. The van der Waals surface area contributed by atoms with E-state index in [2.05, 4.69) is 46.5 Å².